The minimum absolute atomic E-state index is 0.0906. The van der Waals surface area contributed by atoms with Crippen LogP contribution in [0.2, 0.25) is 0 Å². The molecular formula is C20H20N2O5. The molecule has 0 aromatic heterocycles. The van der Waals surface area contributed by atoms with Crippen molar-refractivity contribution in [3.05, 3.63) is 65.7 Å². The van der Waals surface area contributed by atoms with Crippen LogP contribution in [0.5, 0.6) is 0 Å². The summed E-state index contributed by atoms with van der Waals surface area (Å²) < 4.78 is 9.69. The summed E-state index contributed by atoms with van der Waals surface area (Å²) >= 11 is 0. The van der Waals surface area contributed by atoms with Gasteiger partial charge in [0.15, 0.2) is 5.78 Å². The normalized spacial score (nSPS) is 10.8. The molecule has 7 heteroatoms. The number of benzene rings is 2. The van der Waals surface area contributed by atoms with Gasteiger partial charge in [-0.2, -0.15) is 10.2 Å². The lowest BCUT2D eigenvalue weighted by atomic mass is 10.0. The van der Waals surface area contributed by atoms with Gasteiger partial charge in [-0.15, -0.1) is 0 Å². The Labute approximate surface area is 157 Å². The lowest BCUT2D eigenvalue weighted by Crippen LogP contribution is -2.31. The van der Waals surface area contributed by atoms with Crippen molar-refractivity contribution in [3.8, 4) is 0 Å². The van der Waals surface area contributed by atoms with Crippen LogP contribution in [0.4, 0.5) is 5.69 Å². The van der Waals surface area contributed by atoms with Crippen LogP contribution in [0.25, 0.3) is 0 Å². The van der Waals surface area contributed by atoms with Gasteiger partial charge in [-0.05, 0) is 26.0 Å². The first kappa shape index (κ1) is 20.0. The first-order valence-electron chi connectivity index (χ1n) is 8.51. The highest BCUT2D eigenvalue weighted by molar-refractivity contribution is 6.11. The average Bonchev–Trinajstić information content (AvgIpc) is 2.69. The minimum Gasteiger partial charge on any atom is -0.464 e. The quantitative estimate of drug-likeness (QED) is 0.308. The molecule has 0 atom stereocenters. The van der Waals surface area contributed by atoms with Gasteiger partial charge in [0.2, 0.25) is 0 Å². The molecule has 0 N–H and O–H groups in total. The third kappa shape index (κ3) is 5.31. The molecule has 0 radical (unpaired) electrons. The Hall–Kier alpha value is -3.35. The van der Waals surface area contributed by atoms with E-state index in [1.54, 1.807) is 62.4 Å². The summed E-state index contributed by atoms with van der Waals surface area (Å²) in [6.45, 7) is 3.41. The highest BCUT2D eigenvalue weighted by atomic mass is 16.6. The van der Waals surface area contributed by atoms with Crippen molar-refractivity contribution in [1.82, 2.24) is 0 Å². The molecule has 0 amide bonds. The number of azo groups is 1. The number of nitrogens with zero attached hydrogens (tertiary/aromatic N) is 2. The van der Waals surface area contributed by atoms with Crippen LogP contribution in [0.15, 0.2) is 64.8 Å². The lowest BCUT2D eigenvalue weighted by Gasteiger charge is -2.10. The Kier molecular flexibility index (Phi) is 7.37. The van der Waals surface area contributed by atoms with E-state index in [0.717, 1.165) is 0 Å². The fourth-order valence-corrected chi connectivity index (χ4v) is 2.25. The van der Waals surface area contributed by atoms with Crippen molar-refractivity contribution in [2.24, 2.45) is 10.2 Å². The zero-order valence-corrected chi connectivity index (χ0v) is 15.1. The van der Waals surface area contributed by atoms with E-state index in [-0.39, 0.29) is 24.7 Å². The van der Waals surface area contributed by atoms with Crippen molar-refractivity contribution in [2.45, 2.75) is 19.9 Å². The molecule has 0 heterocycles. The molecule has 0 spiro atoms. The second-order valence-corrected chi connectivity index (χ2v) is 5.33. The van der Waals surface area contributed by atoms with Crippen molar-refractivity contribution in [2.75, 3.05) is 13.2 Å². The molecule has 0 aliphatic carbocycles. The number of ketones is 1. The van der Waals surface area contributed by atoms with E-state index in [1.165, 1.54) is 0 Å². The van der Waals surface area contributed by atoms with Crippen LogP contribution in [-0.4, -0.2) is 37.0 Å². The number of hydrogen-bond acceptors (Lipinski definition) is 7. The van der Waals surface area contributed by atoms with Crippen LogP contribution < -0.4 is 0 Å². The fourth-order valence-electron chi connectivity index (χ4n) is 2.25. The molecule has 27 heavy (non-hydrogen) atoms. The van der Waals surface area contributed by atoms with E-state index in [4.69, 9.17) is 9.47 Å². The second kappa shape index (κ2) is 9.96. The van der Waals surface area contributed by atoms with Gasteiger partial charge in [0.05, 0.1) is 24.5 Å². The molecule has 0 aliphatic heterocycles. The van der Waals surface area contributed by atoms with E-state index in [1.807, 2.05) is 6.07 Å². The molecule has 0 bridgehead atoms. The maximum Gasteiger partial charge on any atom is 0.344 e. The summed E-state index contributed by atoms with van der Waals surface area (Å²) in [4.78, 5) is 36.7. The zero-order chi connectivity index (χ0) is 19.6. The van der Waals surface area contributed by atoms with Crippen LogP contribution in [0.3, 0.4) is 0 Å². The Bertz CT molecular complexity index is 815. The molecule has 7 nitrogen and oxygen atoms in total. The van der Waals surface area contributed by atoms with E-state index < -0.39 is 18.0 Å². The molecule has 0 unspecified atom stereocenters. The van der Waals surface area contributed by atoms with Gasteiger partial charge in [0.1, 0.15) is 0 Å². The first-order valence-corrected chi connectivity index (χ1v) is 8.51. The van der Waals surface area contributed by atoms with Crippen molar-refractivity contribution in [3.63, 3.8) is 0 Å². The first-order chi connectivity index (χ1) is 13.1. The third-order valence-electron chi connectivity index (χ3n) is 3.49. The third-order valence-corrected chi connectivity index (χ3v) is 3.49. The molecule has 0 fully saturated rings. The summed E-state index contributed by atoms with van der Waals surface area (Å²) in [6.07, 6.45) is 0. The molecule has 2 aromatic rings. The summed E-state index contributed by atoms with van der Waals surface area (Å²) in [5.74, 6) is -1.95. The van der Waals surface area contributed by atoms with Crippen LogP contribution >= 0.6 is 0 Å². The van der Waals surface area contributed by atoms with Gasteiger partial charge >= 0.3 is 11.9 Å². The second-order valence-electron chi connectivity index (χ2n) is 5.33. The van der Waals surface area contributed by atoms with Crippen LogP contribution in [0.1, 0.15) is 29.8 Å². The monoisotopic (exact) mass is 368 g/mol. The number of esters is 2. The molecular weight excluding hydrogens is 348 g/mol. The van der Waals surface area contributed by atoms with Crippen molar-refractivity contribution >= 4 is 23.4 Å². The summed E-state index contributed by atoms with van der Waals surface area (Å²) in [7, 11) is 0. The maximum absolute atomic E-state index is 12.7. The number of carbonyl (C=O) groups excluding carboxylic acids is 3. The Balaban J connectivity index is 2.33. The summed E-state index contributed by atoms with van der Waals surface area (Å²) in [5, 5.41) is 7.75. The molecule has 2 aromatic carbocycles. The van der Waals surface area contributed by atoms with Gasteiger partial charge in [0, 0.05) is 5.56 Å². The number of carbonyl (C=O) groups is 3. The predicted molar refractivity (Wildman–Crippen MR) is 97.9 cm³/mol. The summed E-state index contributed by atoms with van der Waals surface area (Å²) in [5.41, 5.74) is 1.04. The standard InChI is InChI=1S/C20H20N2O5/c1-3-26-19(24)17(20(25)27-4-2)22-21-16-13-9-8-12-15(16)18(23)14-10-6-5-7-11-14/h5-13,17H,3-4H2,1-2H3. The molecule has 140 valence electrons. The smallest absolute Gasteiger partial charge is 0.344 e. The van der Waals surface area contributed by atoms with Gasteiger partial charge in [-0.3, -0.25) is 4.79 Å². The van der Waals surface area contributed by atoms with Gasteiger partial charge < -0.3 is 9.47 Å². The van der Waals surface area contributed by atoms with E-state index in [9.17, 15) is 14.4 Å². The SMILES string of the molecule is CCOC(=O)C(N=Nc1ccccc1C(=O)c1ccccc1)C(=O)OCC. The molecule has 2 rings (SSSR count). The Morgan fingerprint density at radius 3 is 2.00 bits per heavy atom. The minimum atomic E-state index is -1.54. The summed E-state index contributed by atoms with van der Waals surface area (Å²) in [6, 6.07) is 13.7. The average molecular weight is 368 g/mol. The largest absolute Gasteiger partial charge is 0.464 e. The predicted octanol–water partition coefficient (Wildman–Crippen LogP) is 3.50. The van der Waals surface area contributed by atoms with Gasteiger partial charge in [0.25, 0.3) is 6.04 Å². The van der Waals surface area contributed by atoms with Gasteiger partial charge in [-0.25, -0.2) is 9.59 Å². The topological polar surface area (TPSA) is 94.4 Å². The van der Waals surface area contributed by atoms with Crippen LogP contribution in [-0.2, 0) is 19.1 Å². The Morgan fingerprint density at radius 2 is 1.41 bits per heavy atom. The lowest BCUT2D eigenvalue weighted by molar-refractivity contribution is -0.156. The molecule has 0 saturated heterocycles. The van der Waals surface area contributed by atoms with Gasteiger partial charge in [-0.1, -0.05) is 42.5 Å². The van der Waals surface area contributed by atoms with E-state index in [0.29, 0.717) is 11.1 Å². The zero-order valence-electron chi connectivity index (χ0n) is 15.1. The number of rotatable bonds is 8. The molecule has 0 saturated carbocycles. The maximum atomic E-state index is 12.7. The highest BCUT2D eigenvalue weighted by Crippen LogP contribution is 2.23. The van der Waals surface area contributed by atoms with Crippen molar-refractivity contribution < 1.29 is 23.9 Å². The van der Waals surface area contributed by atoms with E-state index >= 15 is 0 Å². The Morgan fingerprint density at radius 1 is 0.852 bits per heavy atom. The molecule has 0 aliphatic rings. The van der Waals surface area contributed by atoms with E-state index in [2.05, 4.69) is 10.2 Å². The van der Waals surface area contributed by atoms with Crippen LogP contribution in [0, 0.1) is 0 Å². The van der Waals surface area contributed by atoms with Crippen molar-refractivity contribution in [1.29, 1.82) is 0 Å². The number of hydrogen-bond donors (Lipinski definition) is 0. The highest BCUT2D eigenvalue weighted by Gasteiger charge is 2.29. The number of ether oxygens (including phenoxy) is 2. The fraction of sp³-hybridized carbons (Fsp3) is 0.250.